The molecule has 3 rings (SSSR count). The SMILES string of the molecule is Cc1cc(=O)c(C(=O)N(C)C2CCCCC2)nn1-c1cccc(C(F)(F)F)c1. The van der Waals surface area contributed by atoms with Crippen LogP contribution in [0.3, 0.4) is 0 Å². The highest BCUT2D eigenvalue weighted by Gasteiger charge is 2.31. The van der Waals surface area contributed by atoms with Crippen LogP contribution in [0, 0.1) is 6.92 Å². The van der Waals surface area contributed by atoms with Gasteiger partial charge in [0.2, 0.25) is 5.43 Å². The van der Waals surface area contributed by atoms with Crippen LogP contribution in [-0.4, -0.2) is 33.7 Å². The monoisotopic (exact) mass is 393 g/mol. The molecule has 0 atom stereocenters. The number of alkyl halides is 3. The van der Waals surface area contributed by atoms with Gasteiger partial charge in [-0.3, -0.25) is 9.59 Å². The predicted octanol–water partition coefficient (Wildman–Crippen LogP) is 3.96. The smallest absolute Gasteiger partial charge is 0.337 e. The maximum atomic E-state index is 13.0. The minimum Gasteiger partial charge on any atom is -0.337 e. The molecule has 1 aromatic heterocycles. The first kappa shape index (κ1) is 20.1. The van der Waals surface area contributed by atoms with Crippen LogP contribution < -0.4 is 5.43 Å². The van der Waals surface area contributed by atoms with Crippen molar-refractivity contribution in [1.82, 2.24) is 14.7 Å². The molecule has 0 unspecified atom stereocenters. The second-order valence-corrected chi connectivity index (χ2v) is 7.17. The molecule has 8 heteroatoms. The van der Waals surface area contributed by atoms with Gasteiger partial charge in [0, 0.05) is 24.8 Å². The van der Waals surface area contributed by atoms with E-state index in [1.54, 1.807) is 14.0 Å². The van der Waals surface area contributed by atoms with Crippen LogP contribution in [0.5, 0.6) is 0 Å². The standard InChI is InChI=1S/C20H22F3N3O2/c1-13-11-17(27)18(19(28)25(2)15-8-4-3-5-9-15)24-26(13)16-10-6-7-14(12-16)20(21,22)23/h6-7,10-12,15H,3-5,8-9H2,1-2H3. The number of hydrogen-bond acceptors (Lipinski definition) is 3. The van der Waals surface area contributed by atoms with Crippen LogP contribution in [0.1, 0.15) is 53.8 Å². The summed E-state index contributed by atoms with van der Waals surface area (Å²) in [6.45, 7) is 1.56. The van der Waals surface area contributed by atoms with E-state index in [0.717, 1.165) is 44.2 Å². The van der Waals surface area contributed by atoms with Gasteiger partial charge in [0.1, 0.15) is 0 Å². The average Bonchev–Trinajstić information content (AvgIpc) is 2.67. The summed E-state index contributed by atoms with van der Waals surface area (Å²) < 4.78 is 40.3. The zero-order chi connectivity index (χ0) is 20.5. The Morgan fingerprint density at radius 2 is 1.86 bits per heavy atom. The van der Waals surface area contributed by atoms with Crippen molar-refractivity contribution in [3.05, 3.63) is 57.5 Å². The molecule has 1 heterocycles. The lowest BCUT2D eigenvalue weighted by Gasteiger charge is -2.30. The number of aromatic nitrogens is 2. The van der Waals surface area contributed by atoms with Crippen molar-refractivity contribution >= 4 is 5.91 Å². The van der Waals surface area contributed by atoms with Crippen molar-refractivity contribution in [3.8, 4) is 5.69 Å². The highest BCUT2D eigenvalue weighted by molar-refractivity contribution is 5.92. The molecule has 1 aliphatic rings. The number of benzene rings is 1. The second kappa shape index (κ2) is 7.77. The van der Waals surface area contributed by atoms with Gasteiger partial charge in [-0.25, -0.2) is 4.68 Å². The molecule has 0 N–H and O–H groups in total. The summed E-state index contributed by atoms with van der Waals surface area (Å²) in [5.74, 6) is -0.502. The third-order valence-corrected chi connectivity index (χ3v) is 5.17. The Morgan fingerprint density at radius 1 is 1.18 bits per heavy atom. The highest BCUT2D eigenvalue weighted by Crippen LogP contribution is 2.30. The molecule has 28 heavy (non-hydrogen) atoms. The Labute approximate surface area is 160 Å². The molecule has 1 aromatic carbocycles. The quantitative estimate of drug-likeness (QED) is 0.793. The van der Waals surface area contributed by atoms with E-state index in [-0.39, 0.29) is 17.4 Å². The number of amides is 1. The highest BCUT2D eigenvalue weighted by atomic mass is 19.4. The molecule has 0 bridgehead atoms. The number of carbonyl (C=O) groups is 1. The lowest BCUT2D eigenvalue weighted by atomic mass is 9.94. The van der Waals surface area contributed by atoms with E-state index in [1.165, 1.54) is 27.8 Å². The van der Waals surface area contributed by atoms with Crippen LogP contribution in [0.15, 0.2) is 35.1 Å². The fourth-order valence-electron chi connectivity index (χ4n) is 3.57. The van der Waals surface area contributed by atoms with Crippen LogP contribution in [0.25, 0.3) is 5.69 Å². The van der Waals surface area contributed by atoms with Crippen LogP contribution in [-0.2, 0) is 6.18 Å². The second-order valence-electron chi connectivity index (χ2n) is 7.17. The lowest BCUT2D eigenvalue weighted by Crippen LogP contribution is -2.41. The van der Waals surface area contributed by atoms with E-state index in [1.807, 2.05) is 0 Å². The maximum absolute atomic E-state index is 13.0. The molecule has 1 amide bonds. The van der Waals surface area contributed by atoms with Gasteiger partial charge < -0.3 is 4.90 Å². The Balaban J connectivity index is 1.99. The number of hydrogen-bond donors (Lipinski definition) is 0. The van der Waals surface area contributed by atoms with E-state index in [2.05, 4.69) is 5.10 Å². The van der Waals surface area contributed by atoms with Gasteiger partial charge in [0.15, 0.2) is 5.69 Å². The molecule has 0 radical (unpaired) electrons. The molecular weight excluding hydrogens is 371 g/mol. The number of carbonyl (C=O) groups excluding carboxylic acids is 1. The van der Waals surface area contributed by atoms with Gasteiger partial charge >= 0.3 is 6.18 Å². The zero-order valence-electron chi connectivity index (χ0n) is 15.8. The van der Waals surface area contributed by atoms with E-state index in [0.29, 0.717) is 5.69 Å². The Hall–Kier alpha value is -2.64. The van der Waals surface area contributed by atoms with Crippen molar-refractivity contribution in [1.29, 1.82) is 0 Å². The summed E-state index contributed by atoms with van der Waals surface area (Å²) in [4.78, 5) is 26.8. The summed E-state index contributed by atoms with van der Waals surface area (Å²) >= 11 is 0. The maximum Gasteiger partial charge on any atom is 0.416 e. The molecule has 1 saturated carbocycles. The zero-order valence-corrected chi connectivity index (χ0v) is 15.8. The van der Waals surface area contributed by atoms with Crippen molar-refractivity contribution in [2.75, 3.05) is 7.05 Å². The number of rotatable bonds is 3. The van der Waals surface area contributed by atoms with E-state index < -0.39 is 23.1 Å². The van der Waals surface area contributed by atoms with Crippen LogP contribution >= 0.6 is 0 Å². The normalized spacial score (nSPS) is 15.5. The van der Waals surface area contributed by atoms with E-state index >= 15 is 0 Å². The van der Waals surface area contributed by atoms with E-state index in [9.17, 15) is 22.8 Å². The van der Waals surface area contributed by atoms with Crippen molar-refractivity contribution < 1.29 is 18.0 Å². The Bertz CT molecular complexity index is 931. The minimum atomic E-state index is -4.50. The molecule has 5 nitrogen and oxygen atoms in total. The number of nitrogens with zero attached hydrogens (tertiary/aromatic N) is 3. The summed E-state index contributed by atoms with van der Waals surface area (Å²) in [5, 5.41) is 4.13. The fraction of sp³-hybridized carbons (Fsp3) is 0.450. The lowest BCUT2D eigenvalue weighted by molar-refractivity contribution is -0.137. The Morgan fingerprint density at radius 3 is 2.50 bits per heavy atom. The summed E-state index contributed by atoms with van der Waals surface area (Å²) in [6.07, 6.45) is 0.425. The van der Waals surface area contributed by atoms with Crippen molar-refractivity contribution in [2.45, 2.75) is 51.2 Å². The number of aryl methyl sites for hydroxylation is 1. The first-order valence-electron chi connectivity index (χ1n) is 9.24. The fourth-order valence-corrected chi connectivity index (χ4v) is 3.57. The van der Waals surface area contributed by atoms with Crippen LogP contribution in [0.2, 0.25) is 0 Å². The largest absolute Gasteiger partial charge is 0.416 e. The molecule has 2 aromatic rings. The molecule has 0 aliphatic heterocycles. The van der Waals surface area contributed by atoms with Gasteiger partial charge in [-0.1, -0.05) is 25.3 Å². The van der Waals surface area contributed by atoms with Gasteiger partial charge in [0.05, 0.1) is 11.3 Å². The van der Waals surface area contributed by atoms with Gasteiger partial charge in [-0.05, 0) is 38.0 Å². The van der Waals surface area contributed by atoms with Crippen molar-refractivity contribution in [2.24, 2.45) is 0 Å². The molecule has 150 valence electrons. The first-order valence-corrected chi connectivity index (χ1v) is 9.24. The third-order valence-electron chi connectivity index (χ3n) is 5.17. The van der Waals surface area contributed by atoms with Gasteiger partial charge in [0.25, 0.3) is 5.91 Å². The molecule has 0 spiro atoms. The third kappa shape index (κ3) is 4.10. The molecular formula is C20H22F3N3O2. The number of halogens is 3. The molecule has 1 fully saturated rings. The summed E-state index contributed by atoms with van der Waals surface area (Å²) in [5.41, 5.74) is -1.15. The summed E-state index contributed by atoms with van der Waals surface area (Å²) in [7, 11) is 1.65. The van der Waals surface area contributed by atoms with Crippen molar-refractivity contribution in [3.63, 3.8) is 0 Å². The predicted molar refractivity (Wildman–Crippen MR) is 98.5 cm³/mol. The van der Waals surface area contributed by atoms with Crippen LogP contribution in [0.4, 0.5) is 13.2 Å². The topological polar surface area (TPSA) is 55.2 Å². The van der Waals surface area contributed by atoms with E-state index in [4.69, 9.17) is 0 Å². The molecule has 1 aliphatic carbocycles. The minimum absolute atomic E-state index is 0.0470. The van der Waals surface area contributed by atoms with Gasteiger partial charge in [-0.15, -0.1) is 0 Å². The first-order chi connectivity index (χ1) is 13.2. The average molecular weight is 393 g/mol. The molecule has 0 saturated heterocycles. The Kier molecular flexibility index (Phi) is 5.58. The van der Waals surface area contributed by atoms with Gasteiger partial charge in [-0.2, -0.15) is 18.3 Å². The summed E-state index contributed by atoms with van der Waals surface area (Å²) in [6, 6.07) is 5.92.